The summed E-state index contributed by atoms with van der Waals surface area (Å²) in [5, 5.41) is 18.9. The molecule has 1 aliphatic rings. The zero-order chi connectivity index (χ0) is 18.2. The molecule has 0 fully saturated rings. The van der Waals surface area contributed by atoms with Gasteiger partial charge >= 0.3 is 57.4 Å². The number of carbonyl (C=O) groups is 1. The van der Waals surface area contributed by atoms with Crippen LogP contribution in [0.5, 0.6) is 0 Å². The third-order valence-corrected chi connectivity index (χ3v) is 4.76. The average molecular weight is 385 g/mol. The first-order valence-corrected chi connectivity index (χ1v) is 9.10. The number of furan rings is 1. The molecule has 2 N–H and O–H groups in total. The predicted molar refractivity (Wildman–Crippen MR) is 104 cm³/mol. The van der Waals surface area contributed by atoms with Crippen molar-refractivity contribution in [3.05, 3.63) is 35.3 Å². The molecule has 3 atom stereocenters. The van der Waals surface area contributed by atoms with Crippen LogP contribution in [0.3, 0.4) is 0 Å². The van der Waals surface area contributed by atoms with E-state index in [0.717, 1.165) is 37.2 Å². The van der Waals surface area contributed by atoms with Crippen LogP contribution in [0.2, 0.25) is 0 Å². The van der Waals surface area contributed by atoms with Gasteiger partial charge in [-0.15, -0.1) is 11.8 Å². The Hall–Kier alpha value is -0.354. The normalized spacial score (nSPS) is 17.9. The molecule has 0 saturated heterocycles. The van der Waals surface area contributed by atoms with Crippen LogP contribution in [0.25, 0.3) is 0 Å². The fourth-order valence-electron chi connectivity index (χ4n) is 3.17. The van der Waals surface area contributed by atoms with E-state index in [1.54, 1.807) is 0 Å². The number of allylic oxidation sites excluding steroid dienone is 1. The van der Waals surface area contributed by atoms with Crippen molar-refractivity contribution in [1.29, 1.82) is 0 Å². The number of unbranched alkanes of at least 4 members (excludes halogenated alkanes) is 1. The maximum absolute atomic E-state index is 10.5. The number of carboxylic acids is 1. The number of fused-ring (bicyclic) bond motifs is 1. The number of rotatable bonds is 9. The topological polar surface area (TPSA) is 70.7 Å². The number of hydrogen-bond donors (Lipinski definition) is 2. The van der Waals surface area contributed by atoms with E-state index >= 15 is 0 Å². The SMILES string of the molecule is CC#CCC(C)[C@H](O)/C=C/[C@H]1CCc2oc(CCCCC(=O)O)cc21.[KH]. The first-order chi connectivity index (χ1) is 12.0. The van der Waals surface area contributed by atoms with Crippen molar-refractivity contribution in [1.82, 2.24) is 0 Å². The second kappa shape index (κ2) is 12.2. The fourth-order valence-corrected chi connectivity index (χ4v) is 3.17. The standard InChI is InChI=1S/C21H28O4.K.H/c1-3-4-7-15(2)19(22)12-10-16-11-13-20-18(16)14-17(25-20)8-5-6-9-21(23)24;;/h10,12,14-16,19,22H,5-9,11,13H2,1-2H3,(H,23,24);;/b12-10+;;/t15?,16-,19+;;/m0../s1. The molecule has 1 aromatic rings. The number of aliphatic carboxylic acids is 1. The van der Waals surface area contributed by atoms with Gasteiger partial charge in [0.2, 0.25) is 0 Å². The number of carboxylic acid groups (broad SMARTS) is 1. The van der Waals surface area contributed by atoms with Crippen LogP contribution in [-0.2, 0) is 17.6 Å². The van der Waals surface area contributed by atoms with Crippen molar-refractivity contribution in [2.75, 3.05) is 0 Å². The number of aryl methyl sites for hydroxylation is 2. The van der Waals surface area contributed by atoms with Gasteiger partial charge in [-0.3, -0.25) is 4.79 Å². The molecule has 138 valence electrons. The number of hydrogen-bond acceptors (Lipinski definition) is 3. The van der Waals surface area contributed by atoms with Gasteiger partial charge in [0.15, 0.2) is 0 Å². The Balaban J connectivity index is 0.00000338. The van der Waals surface area contributed by atoms with Crippen LogP contribution in [0, 0.1) is 17.8 Å². The first-order valence-electron chi connectivity index (χ1n) is 9.10. The summed E-state index contributed by atoms with van der Waals surface area (Å²) in [6, 6.07) is 2.11. The second-order valence-electron chi connectivity index (χ2n) is 6.82. The van der Waals surface area contributed by atoms with Crippen molar-refractivity contribution in [3.8, 4) is 11.8 Å². The van der Waals surface area contributed by atoms with Gasteiger partial charge in [-0.2, -0.15) is 0 Å². The van der Waals surface area contributed by atoms with E-state index in [2.05, 4.69) is 24.0 Å². The number of aliphatic hydroxyl groups is 1. The summed E-state index contributed by atoms with van der Waals surface area (Å²) in [4.78, 5) is 10.5. The van der Waals surface area contributed by atoms with Gasteiger partial charge in [0, 0.05) is 37.2 Å². The summed E-state index contributed by atoms with van der Waals surface area (Å²) < 4.78 is 5.91. The molecule has 2 rings (SSSR count). The molecule has 0 spiro atoms. The van der Waals surface area contributed by atoms with Crippen LogP contribution in [0.15, 0.2) is 22.6 Å². The Morgan fingerprint density at radius 1 is 1.46 bits per heavy atom. The van der Waals surface area contributed by atoms with Crippen LogP contribution >= 0.6 is 0 Å². The molecule has 0 aromatic carbocycles. The summed E-state index contributed by atoms with van der Waals surface area (Å²) in [5.41, 5.74) is 1.22. The van der Waals surface area contributed by atoms with Crippen LogP contribution in [0.1, 0.15) is 69.0 Å². The Morgan fingerprint density at radius 3 is 2.92 bits per heavy atom. The van der Waals surface area contributed by atoms with Gasteiger partial charge in [-0.05, 0) is 38.2 Å². The van der Waals surface area contributed by atoms with Gasteiger partial charge in [0.05, 0.1) is 6.10 Å². The Labute approximate surface area is 198 Å². The summed E-state index contributed by atoms with van der Waals surface area (Å²) in [7, 11) is 0. The Morgan fingerprint density at radius 2 is 2.23 bits per heavy atom. The predicted octanol–water partition coefficient (Wildman–Crippen LogP) is 3.42. The second-order valence-corrected chi connectivity index (χ2v) is 6.82. The molecular weight excluding hydrogens is 355 g/mol. The quantitative estimate of drug-likeness (QED) is 0.296. The summed E-state index contributed by atoms with van der Waals surface area (Å²) in [6.07, 6.45) is 8.64. The van der Waals surface area contributed by atoms with E-state index in [9.17, 15) is 9.90 Å². The summed E-state index contributed by atoms with van der Waals surface area (Å²) >= 11 is 0. The van der Waals surface area contributed by atoms with E-state index < -0.39 is 12.1 Å². The zero-order valence-corrected chi connectivity index (χ0v) is 15.1. The van der Waals surface area contributed by atoms with Gasteiger partial charge < -0.3 is 14.6 Å². The molecule has 4 nitrogen and oxygen atoms in total. The third-order valence-electron chi connectivity index (χ3n) is 4.76. The van der Waals surface area contributed by atoms with Gasteiger partial charge in [-0.1, -0.05) is 19.1 Å². The monoisotopic (exact) mass is 384 g/mol. The molecule has 0 amide bonds. The Bertz CT molecular complexity index is 665. The first kappa shape index (κ1) is 23.7. The zero-order valence-electron chi connectivity index (χ0n) is 15.1. The average Bonchev–Trinajstić information content (AvgIpc) is 3.14. The van der Waals surface area contributed by atoms with Gasteiger partial charge in [0.25, 0.3) is 0 Å². The molecular formula is C21H29KO4. The van der Waals surface area contributed by atoms with E-state index in [0.29, 0.717) is 18.8 Å². The maximum atomic E-state index is 10.5. The van der Waals surface area contributed by atoms with Crippen LogP contribution in [0.4, 0.5) is 0 Å². The van der Waals surface area contributed by atoms with Crippen molar-refractivity contribution < 1.29 is 19.4 Å². The van der Waals surface area contributed by atoms with E-state index in [-0.39, 0.29) is 63.7 Å². The molecule has 1 aromatic heterocycles. The molecule has 0 aliphatic heterocycles. The van der Waals surface area contributed by atoms with Gasteiger partial charge in [0.1, 0.15) is 11.5 Å². The minimum atomic E-state index is -0.746. The third kappa shape index (κ3) is 7.34. The van der Waals surface area contributed by atoms with E-state index in [1.807, 2.05) is 19.9 Å². The molecule has 1 aliphatic carbocycles. The minimum absolute atomic E-state index is 0. The number of aliphatic hydroxyl groups excluding tert-OH is 1. The summed E-state index contributed by atoms with van der Waals surface area (Å²) in [6.45, 7) is 3.82. The van der Waals surface area contributed by atoms with Crippen LogP contribution in [-0.4, -0.2) is 73.7 Å². The van der Waals surface area contributed by atoms with Crippen molar-refractivity contribution in [2.45, 2.75) is 70.8 Å². The molecule has 1 heterocycles. The molecule has 1 unspecified atom stereocenters. The molecule has 5 heteroatoms. The fraction of sp³-hybridized carbons (Fsp3) is 0.571. The van der Waals surface area contributed by atoms with Crippen molar-refractivity contribution in [2.24, 2.45) is 5.92 Å². The van der Waals surface area contributed by atoms with E-state index in [4.69, 9.17) is 9.52 Å². The van der Waals surface area contributed by atoms with Crippen LogP contribution < -0.4 is 0 Å². The van der Waals surface area contributed by atoms with E-state index in [1.165, 1.54) is 5.56 Å². The summed E-state index contributed by atoms with van der Waals surface area (Å²) in [5.74, 6) is 7.54. The van der Waals surface area contributed by atoms with Crippen molar-refractivity contribution in [3.63, 3.8) is 0 Å². The Kier molecular flexibility index (Phi) is 11.1. The van der Waals surface area contributed by atoms with Crippen molar-refractivity contribution >= 4 is 57.4 Å². The molecule has 26 heavy (non-hydrogen) atoms. The molecule has 0 saturated carbocycles. The molecule has 0 radical (unpaired) electrons. The van der Waals surface area contributed by atoms with Gasteiger partial charge in [-0.25, -0.2) is 0 Å². The molecule has 0 bridgehead atoms.